The number of aryl methyl sites for hydroxylation is 2. The molecule has 0 aliphatic carbocycles. The third-order valence-electron chi connectivity index (χ3n) is 6.66. The summed E-state index contributed by atoms with van der Waals surface area (Å²) >= 11 is 0. The molecular formula is C25H28N6O2. The predicted octanol–water partition coefficient (Wildman–Crippen LogP) is 4.21. The number of rotatable bonds is 5. The van der Waals surface area contributed by atoms with Gasteiger partial charge >= 0.3 is 5.97 Å². The van der Waals surface area contributed by atoms with Gasteiger partial charge in [-0.2, -0.15) is 4.98 Å². The largest absolute Gasteiger partial charge is 0.481 e. The molecule has 0 radical (unpaired) electrons. The second-order valence-corrected chi connectivity index (χ2v) is 9.00. The molecule has 0 atom stereocenters. The Kier molecular flexibility index (Phi) is 5.44. The number of piperidine rings is 1. The molecular weight excluding hydrogens is 416 g/mol. The summed E-state index contributed by atoms with van der Waals surface area (Å²) in [5.74, 6) is 0.599. The Morgan fingerprint density at radius 2 is 1.82 bits per heavy atom. The maximum Gasteiger partial charge on any atom is 0.303 e. The number of hydrogen-bond donors (Lipinski definition) is 1. The summed E-state index contributed by atoms with van der Waals surface area (Å²) in [6.07, 6.45) is 2.73. The molecule has 8 nitrogen and oxygen atoms in total. The molecule has 33 heavy (non-hydrogen) atoms. The van der Waals surface area contributed by atoms with E-state index in [1.54, 1.807) is 4.52 Å². The fraction of sp³-hybridized carbons (Fsp3) is 0.400. The number of carboxylic acids is 1. The molecule has 0 bridgehead atoms. The van der Waals surface area contributed by atoms with Crippen LogP contribution in [0.5, 0.6) is 0 Å². The lowest BCUT2D eigenvalue weighted by Crippen LogP contribution is -2.34. The van der Waals surface area contributed by atoms with Crippen molar-refractivity contribution >= 4 is 28.6 Å². The first-order valence-corrected chi connectivity index (χ1v) is 11.5. The van der Waals surface area contributed by atoms with Crippen LogP contribution in [0.1, 0.15) is 43.1 Å². The summed E-state index contributed by atoms with van der Waals surface area (Å²) in [5, 5.41) is 14.8. The number of nitrogens with zero attached hydrogens (tertiary/aromatic N) is 6. The zero-order chi connectivity index (χ0) is 23.1. The van der Waals surface area contributed by atoms with Gasteiger partial charge in [0, 0.05) is 36.5 Å². The second-order valence-electron chi connectivity index (χ2n) is 9.00. The van der Waals surface area contributed by atoms with Crippen LogP contribution in [0.4, 0.5) is 5.95 Å². The number of aromatic nitrogens is 5. The maximum atomic E-state index is 11.1. The third-order valence-corrected chi connectivity index (χ3v) is 6.66. The van der Waals surface area contributed by atoms with Crippen LogP contribution < -0.4 is 4.90 Å². The molecule has 1 aliphatic rings. The van der Waals surface area contributed by atoms with Crippen molar-refractivity contribution in [2.24, 2.45) is 5.92 Å². The van der Waals surface area contributed by atoms with E-state index in [1.807, 2.05) is 44.2 Å². The molecule has 1 fully saturated rings. The highest BCUT2D eigenvalue weighted by atomic mass is 16.4. The first-order valence-electron chi connectivity index (χ1n) is 11.5. The molecule has 0 amide bonds. The average Bonchev–Trinajstić information content (AvgIpc) is 3.18. The molecule has 1 aliphatic heterocycles. The van der Waals surface area contributed by atoms with Gasteiger partial charge in [-0.05, 0) is 44.6 Å². The lowest BCUT2D eigenvalue weighted by Gasteiger charge is -2.30. The van der Waals surface area contributed by atoms with Gasteiger partial charge in [-0.15, -0.1) is 5.10 Å². The van der Waals surface area contributed by atoms with E-state index in [-0.39, 0.29) is 6.42 Å². The first-order chi connectivity index (χ1) is 15.9. The molecule has 5 rings (SSSR count). The fourth-order valence-corrected chi connectivity index (χ4v) is 4.67. The average molecular weight is 445 g/mol. The normalized spacial score (nSPS) is 14.9. The molecule has 1 aromatic carbocycles. The summed E-state index contributed by atoms with van der Waals surface area (Å²) in [4.78, 5) is 28.1. The zero-order valence-electron chi connectivity index (χ0n) is 19.2. The van der Waals surface area contributed by atoms with Crippen molar-refractivity contribution in [1.82, 2.24) is 24.6 Å². The van der Waals surface area contributed by atoms with Gasteiger partial charge in [0.05, 0.1) is 11.1 Å². The summed E-state index contributed by atoms with van der Waals surface area (Å²) in [6.45, 7) is 8.05. The van der Waals surface area contributed by atoms with Crippen molar-refractivity contribution in [1.29, 1.82) is 0 Å². The molecule has 0 unspecified atom stereocenters. The van der Waals surface area contributed by atoms with Crippen LogP contribution in [-0.4, -0.2) is 48.7 Å². The smallest absolute Gasteiger partial charge is 0.303 e. The van der Waals surface area contributed by atoms with E-state index in [0.29, 0.717) is 29.6 Å². The Hall–Kier alpha value is -3.55. The van der Waals surface area contributed by atoms with Gasteiger partial charge in [0.2, 0.25) is 5.95 Å². The first kappa shape index (κ1) is 21.3. The van der Waals surface area contributed by atoms with Crippen LogP contribution in [0.3, 0.4) is 0 Å². The Labute approximate surface area is 192 Å². The van der Waals surface area contributed by atoms with Gasteiger partial charge < -0.3 is 10.0 Å². The molecule has 170 valence electrons. The van der Waals surface area contributed by atoms with E-state index in [9.17, 15) is 4.79 Å². The number of carbonyl (C=O) groups is 1. The SMILES string of the molecule is Cc1nc2c3c(-c4ccccc4)nc(N4CCC(C)CC4)nc3nn2c(C)c1CCC(=O)O. The Bertz CT molecular complexity index is 1340. The van der Waals surface area contributed by atoms with Gasteiger partial charge in [0.25, 0.3) is 0 Å². The molecule has 1 N–H and O–H groups in total. The standard InChI is InChI=1S/C25H28N6O2/c1-15-11-13-30(14-12-15)25-27-22(18-7-5-4-6-8-18)21-23(28-25)29-31-17(3)19(9-10-20(32)33)16(2)26-24(21)31/h4-8,15H,9-14H2,1-3H3,(H,32,33). The van der Waals surface area contributed by atoms with E-state index in [0.717, 1.165) is 59.5 Å². The van der Waals surface area contributed by atoms with Crippen molar-refractivity contribution in [2.45, 2.75) is 46.5 Å². The van der Waals surface area contributed by atoms with E-state index in [1.165, 1.54) is 0 Å². The lowest BCUT2D eigenvalue weighted by molar-refractivity contribution is -0.136. The topological polar surface area (TPSA) is 96.5 Å². The molecule has 1 saturated heterocycles. The van der Waals surface area contributed by atoms with Crippen molar-refractivity contribution in [3.05, 3.63) is 47.3 Å². The summed E-state index contributed by atoms with van der Waals surface area (Å²) in [6, 6.07) is 10.1. The van der Waals surface area contributed by atoms with Crippen molar-refractivity contribution in [3.8, 4) is 11.3 Å². The molecule has 3 aromatic heterocycles. The number of anilines is 1. The van der Waals surface area contributed by atoms with Crippen molar-refractivity contribution < 1.29 is 9.90 Å². The highest BCUT2D eigenvalue weighted by Gasteiger charge is 2.24. The molecule has 0 saturated carbocycles. The van der Waals surface area contributed by atoms with E-state index >= 15 is 0 Å². The fourth-order valence-electron chi connectivity index (χ4n) is 4.67. The molecule has 8 heteroatoms. The van der Waals surface area contributed by atoms with Crippen LogP contribution in [0.25, 0.3) is 27.9 Å². The van der Waals surface area contributed by atoms with Gasteiger partial charge in [-0.3, -0.25) is 4.79 Å². The van der Waals surface area contributed by atoms with Gasteiger partial charge in [0.15, 0.2) is 11.3 Å². The van der Waals surface area contributed by atoms with Gasteiger partial charge in [-0.1, -0.05) is 37.3 Å². The quantitative estimate of drug-likeness (QED) is 0.492. The minimum absolute atomic E-state index is 0.0578. The summed E-state index contributed by atoms with van der Waals surface area (Å²) in [7, 11) is 0. The second kappa shape index (κ2) is 8.42. The highest BCUT2D eigenvalue weighted by Crippen LogP contribution is 2.33. The minimum atomic E-state index is -0.822. The van der Waals surface area contributed by atoms with Gasteiger partial charge in [-0.25, -0.2) is 14.5 Å². The predicted molar refractivity (Wildman–Crippen MR) is 128 cm³/mol. The van der Waals surface area contributed by atoms with E-state index < -0.39 is 5.97 Å². The van der Waals surface area contributed by atoms with E-state index in [2.05, 4.69) is 11.8 Å². The highest BCUT2D eigenvalue weighted by molar-refractivity contribution is 6.01. The number of hydrogen-bond acceptors (Lipinski definition) is 6. The van der Waals surface area contributed by atoms with Crippen molar-refractivity contribution in [3.63, 3.8) is 0 Å². The third kappa shape index (κ3) is 3.90. The van der Waals surface area contributed by atoms with E-state index in [4.69, 9.17) is 25.2 Å². The number of benzene rings is 1. The number of carboxylic acid groups (broad SMARTS) is 1. The van der Waals surface area contributed by atoms with Gasteiger partial charge in [0.1, 0.15) is 0 Å². The maximum absolute atomic E-state index is 11.1. The van der Waals surface area contributed by atoms with Crippen LogP contribution in [0.15, 0.2) is 30.3 Å². The minimum Gasteiger partial charge on any atom is -0.481 e. The monoisotopic (exact) mass is 444 g/mol. The summed E-state index contributed by atoms with van der Waals surface area (Å²) < 4.78 is 1.80. The Morgan fingerprint density at radius 3 is 2.52 bits per heavy atom. The zero-order valence-corrected chi connectivity index (χ0v) is 19.2. The lowest BCUT2D eigenvalue weighted by atomic mass is 9.99. The molecule has 4 aromatic rings. The number of fused-ring (bicyclic) bond motifs is 3. The Balaban J connectivity index is 1.73. The van der Waals surface area contributed by atoms with Crippen molar-refractivity contribution in [2.75, 3.05) is 18.0 Å². The molecule has 0 spiro atoms. The van der Waals surface area contributed by atoms with Crippen LogP contribution >= 0.6 is 0 Å². The van der Waals surface area contributed by atoms with Crippen LogP contribution in [-0.2, 0) is 11.2 Å². The molecule has 4 heterocycles. The Morgan fingerprint density at radius 1 is 1.09 bits per heavy atom. The number of aliphatic carboxylic acids is 1. The van der Waals surface area contributed by atoms with Crippen LogP contribution in [0, 0.1) is 19.8 Å². The van der Waals surface area contributed by atoms with Crippen LogP contribution in [0.2, 0.25) is 0 Å². The summed E-state index contributed by atoms with van der Waals surface area (Å²) in [5.41, 5.74) is 5.77.